The molecule has 0 fully saturated rings. The summed E-state index contributed by atoms with van der Waals surface area (Å²) < 4.78 is 4.61. The Morgan fingerprint density at radius 3 is 2.49 bits per heavy atom. The fourth-order valence-corrected chi connectivity index (χ4v) is 4.23. The summed E-state index contributed by atoms with van der Waals surface area (Å²) in [6, 6.07) is 9.46. The molecule has 0 unspecified atom stereocenters. The highest BCUT2D eigenvalue weighted by molar-refractivity contribution is 6.30. The van der Waals surface area contributed by atoms with Gasteiger partial charge in [-0.1, -0.05) is 37.6 Å². The molecule has 4 heterocycles. The van der Waals surface area contributed by atoms with E-state index in [2.05, 4.69) is 25.3 Å². The smallest absolute Gasteiger partial charge is 0.332 e. The summed E-state index contributed by atoms with van der Waals surface area (Å²) in [4.78, 5) is 33.6. The summed E-state index contributed by atoms with van der Waals surface area (Å²) in [7, 11) is 0. The highest BCUT2D eigenvalue weighted by atomic mass is 35.5. The van der Waals surface area contributed by atoms with Crippen molar-refractivity contribution >= 4 is 22.8 Å². The van der Waals surface area contributed by atoms with E-state index in [0.717, 1.165) is 28.9 Å². The van der Waals surface area contributed by atoms with Gasteiger partial charge >= 0.3 is 5.69 Å². The van der Waals surface area contributed by atoms with E-state index >= 15 is 0 Å². The Morgan fingerprint density at radius 2 is 1.74 bits per heavy atom. The van der Waals surface area contributed by atoms with Gasteiger partial charge in [-0.2, -0.15) is 10.2 Å². The van der Waals surface area contributed by atoms with Gasteiger partial charge in [0.2, 0.25) is 0 Å². The zero-order valence-corrected chi connectivity index (χ0v) is 20.2. The molecule has 1 aromatic carbocycles. The molecule has 0 radical (unpaired) electrons. The van der Waals surface area contributed by atoms with Gasteiger partial charge in [0.1, 0.15) is 11.3 Å². The van der Waals surface area contributed by atoms with Crippen molar-refractivity contribution in [3.05, 3.63) is 74.3 Å². The molecule has 0 aliphatic rings. The molecule has 0 aliphatic carbocycles. The molecule has 10 nitrogen and oxygen atoms in total. The minimum atomic E-state index is -0.350. The molecule has 4 aromatic heterocycles. The fourth-order valence-electron chi connectivity index (χ4n) is 4.11. The van der Waals surface area contributed by atoms with Crippen LogP contribution in [-0.2, 0) is 19.6 Å². The van der Waals surface area contributed by atoms with Crippen LogP contribution >= 0.6 is 11.6 Å². The van der Waals surface area contributed by atoms with E-state index in [4.69, 9.17) is 11.6 Å². The fraction of sp³-hybridized carbons (Fsp3) is 0.292. The second-order valence-electron chi connectivity index (χ2n) is 8.39. The van der Waals surface area contributed by atoms with Crippen molar-refractivity contribution in [2.75, 3.05) is 0 Å². The van der Waals surface area contributed by atoms with E-state index in [-0.39, 0.29) is 11.2 Å². The second-order valence-corrected chi connectivity index (χ2v) is 8.82. The lowest BCUT2D eigenvalue weighted by Gasteiger charge is -2.09. The molecule has 0 aliphatic heterocycles. The number of imidazole rings is 1. The maximum atomic E-state index is 13.0. The summed E-state index contributed by atoms with van der Waals surface area (Å²) in [5.74, 6) is 0.494. The minimum absolute atomic E-state index is 0.323. The summed E-state index contributed by atoms with van der Waals surface area (Å²) in [6.07, 6.45) is 4.96. The third-order valence-electron chi connectivity index (χ3n) is 5.77. The quantitative estimate of drug-likeness (QED) is 0.342. The van der Waals surface area contributed by atoms with Crippen LogP contribution < -0.4 is 11.2 Å². The van der Waals surface area contributed by atoms with Gasteiger partial charge in [-0.05, 0) is 31.0 Å². The van der Waals surface area contributed by atoms with E-state index in [0.29, 0.717) is 48.1 Å². The lowest BCUT2D eigenvalue weighted by molar-refractivity contribution is 0.555. The number of rotatable bonds is 8. The van der Waals surface area contributed by atoms with Gasteiger partial charge in [0, 0.05) is 29.9 Å². The van der Waals surface area contributed by atoms with Gasteiger partial charge in [-0.15, -0.1) is 0 Å². The van der Waals surface area contributed by atoms with E-state index in [9.17, 15) is 9.59 Å². The largest absolute Gasteiger partial charge is 0.332 e. The van der Waals surface area contributed by atoms with Gasteiger partial charge in [-0.25, -0.2) is 9.78 Å². The van der Waals surface area contributed by atoms with E-state index < -0.39 is 0 Å². The number of fused-ring (bicyclic) bond motifs is 1. The molecule has 11 heteroatoms. The molecular formula is C24H25ClN8O2. The van der Waals surface area contributed by atoms with Crippen molar-refractivity contribution in [1.82, 2.24) is 39.1 Å². The Kier molecular flexibility index (Phi) is 6.12. The van der Waals surface area contributed by atoms with Gasteiger partial charge in [0.25, 0.3) is 5.56 Å². The van der Waals surface area contributed by atoms with Crippen molar-refractivity contribution in [3.63, 3.8) is 0 Å². The van der Waals surface area contributed by atoms with Gasteiger partial charge < -0.3 is 4.98 Å². The lowest BCUT2D eigenvalue weighted by atomic mass is 10.1. The third kappa shape index (κ3) is 4.32. The van der Waals surface area contributed by atoms with Crippen LogP contribution in [0.3, 0.4) is 0 Å². The number of aryl methyl sites for hydroxylation is 1. The Balaban J connectivity index is 1.45. The highest BCUT2D eigenvalue weighted by Crippen LogP contribution is 2.21. The van der Waals surface area contributed by atoms with Crippen LogP contribution in [0.5, 0.6) is 0 Å². The molecule has 0 atom stereocenters. The molecule has 5 rings (SSSR count). The number of nitrogens with zero attached hydrogens (tertiary/aromatic N) is 6. The Hall–Kier alpha value is -3.92. The number of H-pyrrole nitrogens is 2. The molecule has 35 heavy (non-hydrogen) atoms. The van der Waals surface area contributed by atoms with Crippen molar-refractivity contribution in [2.24, 2.45) is 0 Å². The summed E-state index contributed by atoms with van der Waals surface area (Å²) in [5, 5.41) is 12.5. The molecule has 0 spiro atoms. The standard InChI is InChI=1S/C24H25ClN8O2/c1-3-9-32-22-20(23(34)33(10-4-2)24(32)35)27-21(28-22)16-12-26-31(13-16)14-18-11-19(30-29-18)15-5-7-17(25)8-6-15/h5-8,11-13H,3-4,9-10,14H2,1-2H3,(H,27,28)(H,29,30). The van der Waals surface area contributed by atoms with Crippen LogP contribution in [0.15, 0.2) is 52.3 Å². The summed E-state index contributed by atoms with van der Waals surface area (Å²) in [6.45, 7) is 5.25. The maximum absolute atomic E-state index is 13.0. The van der Waals surface area contributed by atoms with Crippen molar-refractivity contribution in [2.45, 2.75) is 46.3 Å². The van der Waals surface area contributed by atoms with Crippen LogP contribution in [0.1, 0.15) is 32.4 Å². The summed E-state index contributed by atoms with van der Waals surface area (Å²) >= 11 is 5.97. The van der Waals surface area contributed by atoms with Gasteiger partial charge in [0.15, 0.2) is 5.65 Å². The number of hydrogen-bond acceptors (Lipinski definition) is 5. The SMILES string of the molecule is CCCn1c(=O)c2[nH]c(-c3cnn(Cc4cc(-c5ccc(Cl)cc5)n[nH]4)c3)nc2n(CCC)c1=O. The Morgan fingerprint density at radius 1 is 1.00 bits per heavy atom. The topological polar surface area (TPSA) is 119 Å². The van der Waals surface area contributed by atoms with Crippen molar-refractivity contribution in [3.8, 4) is 22.6 Å². The van der Waals surface area contributed by atoms with Crippen LogP contribution in [0.4, 0.5) is 0 Å². The molecule has 0 amide bonds. The predicted octanol–water partition coefficient (Wildman–Crippen LogP) is 3.66. The number of halogens is 1. The van der Waals surface area contributed by atoms with Crippen LogP contribution in [0.2, 0.25) is 5.02 Å². The maximum Gasteiger partial charge on any atom is 0.332 e. The molecule has 0 bridgehead atoms. The first-order valence-electron chi connectivity index (χ1n) is 11.5. The number of hydrogen-bond donors (Lipinski definition) is 2. The first kappa shape index (κ1) is 22.9. The Labute approximate surface area is 205 Å². The van der Waals surface area contributed by atoms with Crippen LogP contribution in [0, 0.1) is 0 Å². The first-order valence-corrected chi connectivity index (χ1v) is 11.9. The monoisotopic (exact) mass is 492 g/mol. The molecular weight excluding hydrogens is 468 g/mol. The average molecular weight is 493 g/mol. The van der Waals surface area contributed by atoms with Crippen LogP contribution in [0.25, 0.3) is 33.8 Å². The van der Waals surface area contributed by atoms with Gasteiger partial charge in [-0.3, -0.25) is 23.7 Å². The van der Waals surface area contributed by atoms with Crippen LogP contribution in [-0.4, -0.2) is 39.1 Å². The number of nitrogens with one attached hydrogen (secondary N) is 2. The third-order valence-corrected chi connectivity index (χ3v) is 6.02. The average Bonchev–Trinajstić information content (AvgIpc) is 3.60. The highest BCUT2D eigenvalue weighted by Gasteiger charge is 2.18. The minimum Gasteiger partial charge on any atom is -0.332 e. The number of benzene rings is 1. The zero-order valence-electron chi connectivity index (χ0n) is 19.5. The number of aromatic nitrogens is 8. The molecule has 180 valence electrons. The number of aromatic amines is 2. The second kappa shape index (κ2) is 9.38. The van der Waals surface area contributed by atoms with E-state index in [1.165, 1.54) is 4.57 Å². The van der Waals surface area contributed by atoms with Crippen molar-refractivity contribution in [1.29, 1.82) is 0 Å². The van der Waals surface area contributed by atoms with E-state index in [1.54, 1.807) is 15.4 Å². The van der Waals surface area contributed by atoms with Crippen molar-refractivity contribution < 1.29 is 0 Å². The Bertz CT molecular complexity index is 1600. The molecule has 5 aromatic rings. The predicted molar refractivity (Wildman–Crippen MR) is 135 cm³/mol. The van der Waals surface area contributed by atoms with E-state index in [1.807, 2.05) is 50.4 Å². The molecule has 0 saturated carbocycles. The molecule has 2 N–H and O–H groups in total. The zero-order chi connectivity index (χ0) is 24.5. The molecule has 0 saturated heterocycles. The summed E-state index contributed by atoms with van der Waals surface area (Å²) in [5.41, 5.74) is 3.41. The van der Waals surface area contributed by atoms with Gasteiger partial charge in [0.05, 0.1) is 29.7 Å². The first-order chi connectivity index (χ1) is 17.0. The lowest BCUT2D eigenvalue weighted by Crippen LogP contribution is -2.40. The normalized spacial score (nSPS) is 11.5.